The van der Waals surface area contributed by atoms with Gasteiger partial charge in [0.05, 0.1) is 12.0 Å². The molecule has 1 rings (SSSR count). The molecule has 2 N–H and O–H groups in total. The Bertz CT molecular complexity index is 455. The molecule has 0 bridgehead atoms. The van der Waals surface area contributed by atoms with E-state index in [1.54, 1.807) is 6.26 Å². The van der Waals surface area contributed by atoms with Crippen LogP contribution in [0.3, 0.4) is 0 Å². The Hall–Kier alpha value is -0.850. The lowest BCUT2D eigenvalue weighted by Crippen LogP contribution is -2.35. The molecule has 6 heteroatoms. The van der Waals surface area contributed by atoms with Gasteiger partial charge in [0.25, 0.3) is 0 Å². The zero-order valence-corrected chi connectivity index (χ0v) is 13.4. The van der Waals surface area contributed by atoms with Crippen LogP contribution in [0.1, 0.15) is 39.4 Å². The van der Waals surface area contributed by atoms with E-state index in [1.807, 2.05) is 32.9 Å². The smallest absolute Gasteiger partial charge is 0.211 e. The minimum Gasteiger partial charge on any atom is -0.469 e. The van der Waals surface area contributed by atoms with E-state index in [0.29, 0.717) is 12.5 Å². The molecule has 0 radical (unpaired) electrons. The Morgan fingerprint density at radius 3 is 2.65 bits per heavy atom. The predicted molar refractivity (Wildman–Crippen MR) is 81.2 cm³/mol. The van der Waals surface area contributed by atoms with Crippen LogP contribution in [0.5, 0.6) is 0 Å². The lowest BCUT2D eigenvalue weighted by molar-refractivity contribution is 0.479. The van der Waals surface area contributed by atoms with E-state index < -0.39 is 10.0 Å². The summed E-state index contributed by atoms with van der Waals surface area (Å²) in [6.07, 6.45) is 3.73. The van der Waals surface area contributed by atoms with Gasteiger partial charge in [-0.05, 0) is 38.4 Å². The van der Waals surface area contributed by atoms with Crippen LogP contribution in [0.25, 0.3) is 0 Å². The first-order valence-electron chi connectivity index (χ1n) is 7.15. The highest BCUT2D eigenvalue weighted by Gasteiger charge is 2.14. The van der Waals surface area contributed by atoms with Gasteiger partial charge in [-0.3, -0.25) is 0 Å². The van der Waals surface area contributed by atoms with Crippen molar-refractivity contribution in [3.8, 4) is 0 Å². The van der Waals surface area contributed by atoms with Gasteiger partial charge in [0.2, 0.25) is 10.0 Å². The summed E-state index contributed by atoms with van der Waals surface area (Å²) < 4.78 is 31.7. The third-order valence-corrected chi connectivity index (χ3v) is 4.51. The molecule has 0 aromatic carbocycles. The molecule has 116 valence electrons. The van der Waals surface area contributed by atoms with Crippen LogP contribution in [0.4, 0.5) is 0 Å². The molecule has 1 unspecified atom stereocenters. The number of aryl methyl sites for hydroxylation is 1. The summed E-state index contributed by atoms with van der Waals surface area (Å²) in [4.78, 5) is 0. The standard InChI is InChI=1S/C14H26N2O3S/c1-12(2)15-9-5-11-20(17,18)16-13(3)7-8-14-6-4-10-19-14/h4,6,10,12-13,15-16H,5,7-9,11H2,1-3H3. The Morgan fingerprint density at radius 2 is 2.05 bits per heavy atom. The molecule has 1 aromatic heterocycles. The lowest BCUT2D eigenvalue weighted by Gasteiger charge is -2.14. The van der Waals surface area contributed by atoms with E-state index in [1.165, 1.54) is 0 Å². The molecule has 0 spiro atoms. The van der Waals surface area contributed by atoms with Crippen molar-refractivity contribution in [3.63, 3.8) is 0 Å². The summed E-state index contributed by atoms with van der Waals surface area (Å²) in [7, 11) is -3.19. The molecule has 1 aromatic rings. The molecule has 0 fully saturated rings. The van der Waals surface area contributed by atoms with E-state index in [2.05, 4.69) is 10.0 Å². The average molecular weight is 302 g/mol. The number of sulfonamides is 1. The van der Waals surface area contributed by atoms with Crippen LogP contribution in [-0.4, -0.2) is 32.8 Å². The first-order valence-corrected chi connectivity index (χ1v) is 8.80. The van der Waals surface area contributed by atoms with E-state index in [4.69, 9.17) is 4.42 Å². The number of nitrogens with one attached hydrogen (secondary N) is 2. The maximum atomic E-state index is 11.9. The minimum absolute atomic E-state index is 0.0804. The molecule has 5 nitrogen and oxygen atoms in total. The van der Waals surface area contributed by atoms with Gasteiger partial charge in [-0.1, -0.05) is 13.8 Å². The molecule has 1 atom stereocenters. The average Bonchev–Trinajstić information content (AvgIpc) is 2.84. The third-order valence-electron chi connectivity index (χ3n) is 2.93. The van der Waals surface area contributed by atoms with Crippen LogP contribution in [0, 0.1) is 0 Å². The molecule has 0 saturated heterocycles. The van der Waals surface area contributed by atoms with Crippen LogP contribution < -0.4 is 10.0 Å². The molecule has 20 heavy (non-hydrogen) atoms. The summed E-state index contributed by atoms with van der Waals surface area (Å²) in [5, 5.41) is 3.21. The fraction of sp³-hybridized carbons (Fsp3) is 0.714. The maximum absolute atomic E-state index is 11.9. The van der Waals surface area contributed by atoms with Crippen molar-refractivity contribution in [1.29, 1.82) is 0 Å². The number of hydrogen-bond donors (Lipinski definition) is 2. The third kappa shape index (κ3) is 7.67. The van der Waals surface area contributed by atoms with Gasteiger partial charge in [-0.25, -0.2) is 13.1 Å². The summed E-state index contributed by atoms with van der Waals surface area (Å²) in [5.41, 5.74) is 0. The molecular weight excluding hydrogens is 276 g/mol. The van der Waals surface area contributed by atoms with Gasteiger partial charge in [0, 0.05) is 18.5 Å². The highest BCUT2D eigenvalue weighted by molar-refractivity contribution is 7.89. The van der Waals surface area contributed by atoms with Crippen molar-refractivity contribution < 1.29 is 12.8 Å². The Balaban J connectivity index is 2.23. The number of rotatable bonds is 10. The van der Waals surface area contributed by atoms with Crippen molar-refractivity contribution in [1.82, 2.24) is 10.0 Å². The second kappa shape index (κ2) is 8.44. The Kier molecular flexibility index (Phi) is 7.26. The molecule has 0 saturated carbocycles. The van der Waals surface area contributed by atoms with Gasteiger partial charge in [-0.15, -0.1) is 0 Å². The van der Waals surface area contributed by atoms with Crippen molar-refractivity contribution in [2.45, 2.75) is 52.1 Å². The summed E-state index contributed by atoms with van der Waals surface area (Å²) in [6.45, 7) is 6.69. The lowest BCUT2D eigenvalue weighted by atomic mass is 10.2. The van der Waals surface area contributed by atoms with Crippen LogP contribution in [-0.2, 0) is 16.4 Å². The maximum Gasteiger partial charge on any atom is 0.211 e. The van der Waals surface area contributed by atoms with Crippen molar-refractivity contribution in [2.24, 2.45) is 0 Å². The van der Waals surface area contributed by atoms with Gasteiger partial charge in [0.1, 0.15) is 5.76 Å². The fourth-order valence-electron chi connectivity index (χ4n) is 1.89. The van der Waals surface area contributed by atoms with Crippen LogP contribution >= 0.6 is 0 Å². The molecule has 0 aliphatic rings. The first kappa shape index (κ1) is 17.2. The minimum atomic E-state index is -3.19. The molecule has 0 amide bonds. The highest BCUT2D eigenvalue weighted by Crippen LogP contribution is 2.06. The zero-order chi connectivity index (χ0) is 15.0. The predicted octanol–water partition coefficient (Wildman–Crippen LogP) is 1.91. The molecular formula is C14H26N2O3S. The molecule has 1 heterocycles. The van der Waals surface area contributed by atoms with Crippen LogP contribution in [0.2, 0.25) is 0 Å². The Labute approximate surface area is 122 Å². The normalized spacial score (nSPS) is 13.8. The summed E-state index contributed by atoms with van der Waals surface area (Å²) in [6, 6.07) is 4.05. The molecule has 0 aliphatic carbocycles. The van der Waals surface area contributed by atoms with Crippen LogP contribution in [0.15, 0.2) is 22.8 Å². The summed E-state index contributed by atoms with van der Waals surface area (Å²) >= 11 is 0. The monoisotopic (exact) mass is 302 g/mol. The topological polar surface area (TPSA) is 71.3 Å². The quantitative estimate of drug-likeness (QED) is 0.648. The van der Waals surface area contributed by atoms with Gasteiger partial charge >= 0.3 is 0 Å². The van der Waals surface area contributed by atoms with Crippen molar-refractivity contribution in [3.05, 3.63) is 24.2 Å². The number of hydrogen-bond acceptors (Lipinski definition) is 4. The van der Waals surface area contributed by atoms with E-state index in [9.17, 15) is 8.42 Å². The molecule has 0 aliphatic heterocycles. The van der Waals surface area contributed by atoms with E-state index in [-0.39, 0.29) is 11.8 Å². The van der Waals surface area contributed by atoms with Crippen molar-refractivity contribution in [2.75, 3.05) is 12.3 Å². The zero-order valence-electron chi connectivity index (χ0n) is 12.6. The fourth-order valence-corrected chi connectivity index (χ4v) is 3.26. The second-order valence-electron chi connectivity index (χ2n) is 5.42. The van der Waals surface area contributed by atoms with Crippen molar-refractivity contribution >= 4 is 10.0 Å². The van der Waals surface area contributed by atoms with Gasteiger partial charge < -0.3 is 9.73 Å². The summed E-state index contributed by atoms with van der Waals surface area (Å²) in [5.74, 6) is 1.05. The van der Waals surface area contributed by atoms with Gasteiger partial charge in [-0.2, -0.15) is 0 Å². The highest BCUT2D eigenvalue weighted by atomic mass is 32.2. The number of furan rings is 1. The first-order chi connectivity index (χ1) is 9.39. The SMILES string of the molecule is CC(C)NCCCS(=O)(=O)NC(C)CCc1ccco1. The largest absolute Gasteiger partial charge is 0.469 e. The Morgan fingerprint density at radius 1 is 1.30 bits per heavy atom. The van der Waals surface area contributed by atoms with E-state index in [0.717, 1.165) is 25.1 Å². The van der Waals surface area contributed by atoms with E-state index >= 15 is 0 Å². The van der Waals surface area contributed by atoms with Gasteiger partial charge in [0.15, 0.2) is 0 Å². The second-order valence-corrected chi connectivity index (χ2v) is 7.29.